The number of hydrogen-bond acceptors (Lipinski definition) is 5. The molecule has 1 atom stereocenters. The number of ether oxygens (including phenoxy) is 3. The molecule has 0 aromatic heterocycles. The lowest BCUT2D eigenvalue weighted by molar-refractivity contribution is -0.163. The average Bonchev–Trinajstić information content (AvgIpc) is 3.34. The van der Waals surface area contributed by atoms with E-state index in [4.69, 9.17) is 14.2 Å². The molecular formula is C63H114O5. The highest BCUT2D eigenvalue weighted by atomic mass is 16.6. The fourth-order valence-electron chi connectivity index (χ4n) is 8.62. The number of hydrogen-bond donors (Lipinski definition) is 0. The van der Waals surface area contributed by atoms with Crippen molar-refractivity contribution in [3.8, 4) is 0 Å². The average molecular weight is 952 g/mol. The third-order valence-electron chi connectivity index (χ3n) is 13.0. The second-order valence-corrected chi connectivity index (χ2v) is 19.9. The molecule has 0 radical (unpaired) electrons. The van der Waals surface area contributed by atoms with Crippen LogP contribution in [0.5, 0.6) is 0 Å². The van der Waals surface area contributed by atoms with E-state index in [0.29, 0.717) is 19.4 Å². The van der Waals surface area contributed by atoms with Crippen LogP contribution in [0.2, 0.25) is 0 Å². The Balaban J connectivity index is 4.26. The molecule has 0 fully saturated rings. The van der Waals surface area contributed by atoms with E-state index in [1.165, 1.54) is 205 Å². The van der Waals surface area contributed by atoms with Crippen molar-refractivity contribution in [2.75, 3.05) is 19.8 Å². The van der Waals surface area contributed by atoms with Gasteiger partial charge in [0, 0.05) is 19.4 Å². The molecule has 0 saturated carbocycles. The summed E-state index contributed by atoms with van der Waals surface area (Å²) in [4.78, 5) is 25.6. The van der Waals surface area contributed by atoms with E-state index in [9.17, 15) is 9.59 Å². The lowest BCUT2D eigenvalue weighted by atomic mass is 10.0. The standard InChI is InChI=1S/C63H114O5/c1-4-7-10-13-16-19-22-25-28-30-32-33-36-38-41-44-47-50-53-56-62(64)67-60-61(68-63(65)57-54-51-48-45-42-39-35-27-24-21-18-15-12-9-6-3)59-66-58-55-52-49-46-43-40-37-34-31-29-26-23-20-17-14-11-8-5-2/h8,11,16-17,19-20,25-26,28-29,61H,4-7,9-10,12-15,18,21-24,27,30-60H2,1-3H3/b11-8-,19-16-,20-17-,28-25-,29-26-. The summed E-state index contributed by atoms with van der Waals surface area (Å²) in [5, 5.41) is 0. The summed E-state index contributed by atoms with van der Waals surface area (Å²) in [7, 11) is 0. The Bertz CT molecular complexity index is 1170. The highest BCUT2D eigenvalue weighted by Crippen LogP contribution is 2.16. The highest BCUT2D eigenvalue weighted by Gasteiger charge is 2.17. The third kappa shape index (κ3) is 56.2. The number of carbonyl (C=O) groups excluding carboxylic acids is 2. The normalized spacial score (nSPS) is 12.6. The molecule has 0 amide bonds. The minimum atomic E-state index is -0.541. The van der Waals surface area contributed by atoms with Crippen LogP contribution < -0.4 is 0 Å². The van der Waals surface area contributed by atoms with Crippen LogP contribution in [-0.4, -0.2) is 37.9 Å². The molecule has 0 heterocycles. The van der Waals surface area contributed by atoms with E-state index in [1.54, 1.807) is 0 Å². The largest absolute Gasteiger partial charge is 0.462 e. The molecule has 0 aromatic carbocycles. The Labute approximate surface area is 424 Å². The molecule has 0 bridgehead atoms. The summed E-state index contributed by atoms with van der Waals surface area (Å²) in [5.74, 6) is -0.391. The van der Waals surface area contributed by atoms with E-state index in [0.717, 1.165) is 64.2 Å². The second-order valence-electron chi connectivity index (χ2n) is 19.9. The Kier molecular flexibility index (Phi) is 56.8. The van der Waals surface area contributed by atoms with Crippen molar-refractivity contribution in [1.82, 2.24) is 0 Å². The van der Waals surface area contributed by atoms with Crippen LogP contribution in [0.4, 0.5) is 0 Å². The van der Waals surface area contributed by atoms with Gasteiger partial charge in [-0.05, 0) is 83.5 Å². The summed E-state index contributed by atoms with van der Waals surface area (Å²) in [6, 6.07) is 0. The van der Waals surface area contributed by atoms with Gasteiger partial charge in [0.1, 0.15) is 6.61 Å². The molecule has 5 heteroatoms. The number of rotatable bonds is 55. The number of esters is 2. The zero-order chi connectivity index (χ0) is 49.2. The van der Waals surface area contributed by atoms with Gasteiger partial charge >= 0.3 is 11.9 Å². The van der Waals surface area contributed by atoms with E-state index in [-0.39, 0.29) is 25.2 Å². The highest BCUT2D eigenvalue weighted by molar-refractivity contribution is 5.70. The number of carbonyl (C=O) groups is 2. The first kappa shape index (κ1) is 65.6. The zero-order valence-corrected chi connectivity index (χ0v) is 45.6. The molecule has 0 aliphatic carbocycles. The lowest BCUT2D eigenvalue weighted by Gasteiger charge is -2.18. The van der Waals surface area contributed by atoms with Crippen LogP contribution >= 0.6 is 0 Å². The smallest absolute Gasteiger partial charge is 0.306 e. The minimum Gasteiger partial charge on any atom is -0.462 e. The van der Waals surface area contributed by atoms with Crippen LogP contribution in [-0.2, 0) is 23.8 Å². The molecule has 1 unspecified atom stereocenters. The van der Waals surface area contributed by atoms with Crippen molar-refractivity contribution in [1.29, 1.82) is 0 Å². The van der Waals surface area contributed by atoms with Crippen molar-refractivity contribution in [3.63, 3.8) is 0 Å². The summed E-state index contributed by atoms with van der Waals surface area (Å²) in [5.41, 5.74) is 0. The van der Waals surface area contributed by atoms with Gasteiger partial charge in [0.25, 0.3) is 0 Å². The molecule has 0 spiro atoms. The van der Waals surface area contributed by atoms with E-state index in [1.807, 2.05) is 0 Å². The maximum atomic E-state index is 12.9. The molecule has 0 aliphatic rings. The van der Waals surface area contributed by atoms with Crippen LogP contribution in [0.3, 0.4) is 0 Å². The van der Waals surface area contributed by atoms with Gasteiger partial charge in [-0.25, -0.2) is 0 Å². The summed E-state index contributed by atoms with van der Waals surface area (Å²) >= 11 is 0. The lowest BCUT2D eigenvalue weighted by Crippen LogP contribution is -2.30. The Hall–Kier alpha value is -2.40. The van der Waals surface area contributed by atoms with Crippen molar-refractivity contribution in [3.05, 3.63) is 60.8 Å². The maximum Gasteiger partial charge on any atom is 0.306 e. The van der Waals surface area contributed by atoms with Crippen LogP contribution in [0, 0.1) is 0 Å². The van der Waals surface area contributed by atoms with Crippen molar-refractivity contribution in [2.45, 2.75) is 309 Å². The van der Waals surface area contributed by atoms with E-state index in [2.05, 4.69) is 81.5 Å². The second kappa shape index (κ2) is 58.9. The first-order valence-corrected chi connectivity index (χ1v) is 29.8. The van der Waals surface area contributed by atoms with Gasteiger partial charge in [-0.3, -0.25) is 9.59 Å². The monoisotopic (exact) mass is 951 g/mol. The molecule has 0 saturated heterocycles. The molecule has 5 nitrogen and oxygen atoms in total. The fraction of sp³-hybridized carbons (Fsp3) is 0.810. The van der Waals surface area contributed by atoms with Crippen molar-refractivity contribution >= 4 is 11.9 Å². The number of allylic oxidation sites excluding steroid dienone is 10. The fourth-order valence-corrected chi connectivity index (χ4v) is 8.62. The molecule has 0 aliphatic heterocycles. The van der Waals surface area contributed by atoms with E-state index < -0.39 is 6.10 Å². The molecular weight excluding hydrogens is 837 g/mol. The molecule has 0 N–H and O–H groups in total. The van der Waals surface area contributed by atoms with Gasteiger partial charge in [0.2, 0.25) is 0 Å². The maximum absolute atomic E-state index is 12.9. The minimum absolute atomic E-state index is 0.0825. The molecule has 0 rings (SSSR count). The third-order valence-corrected chi connectivity index (χ3v) is 13.0. The van der Waals surface area contributed by atoms with Crippen LogP contribution in [0.1, 0.15) is 303 Å². The zero-order valence-electron chi connectivity index (χ0n) is 45.6. The van der Waals surface area contributed by atoms with Gasteiger partial charge < -0.3 is 14.2 Å². The SMILES string of the molecule is CC/C=C\C/C=C\C/C=C\CCCCCCCCCCOCC(COC(=O)CCCCCCCCCCC/C=C\C/C=C\CCCCC)OC(=O)CCCCCCCCCCCCCCCCC. The van der Waals surface area contributed by atoms with Crippen molar-refractivity contribution < 1.29 is 23.8 Å². The Morgan fingerprint density at radius 2 is 0.662 bits per heavy atom. The summed E-state index contributed by atoms with van der Waals surface area (Å²) < 4.78 is 17.5. The number of unbranched alkanes of at least 4 members (excludes halogenated alkanes) is 34. The first-order chi connectivity index (χ1) is 33.6. The predicted octanol–water partition coefficient (Wildman–Crippen LogP) is 20.5. The summed E-state index contributed by atoms with van der Waals surface area (Å²) in [6.45, 7) is 7.72. The van der Waals surface area contributed by atoms with E-state index >= 15 is 0 Å². The topological polar surface area (TPSA) is 61.8 Å². The molecule has 396 valence electrons. The van der Waals surface area contributed by atoms with Gasteiger partial charge in [-0.2, -0.15) is 0 Å². The Morgan fingerprint density at radius 3 is 1.09 bits per heavy atom. The molecule has 0 aromatic rings. The molecule has 68 heavy (non-hydrogen) atoms. The predicted molar refractivity (Wildman–Crippen MR) is 298 cm³/mol. The van der Waals surface area contributed by atoms with Gasteiger partial charge in [0.05, 0.1) is 6.61 Å². The van der Waals surface area contributed by atoms with Crippen LogP contribution in [0.25, 0.3) is 0 Å². The van der Waals surface area contributed by atoms with Gasteiger partial charge in [-0.1, -0.05) is 268 Å². The summed E-state index contributed by atoms with van der Waals surface area (Å²) in [6.07, 6.45) is 75.3. The van der Waals surface area contributed by atoms with Gasteiger partial charge in [-0.15, -0.1) is 0 Å². The van der Waals surface area contributed by atoms with Crippen molar-refractivity contribution in [2.24, 2.45) is 0 Å². The van der Waals surface area contributed by atoms with Gasteiger partial charge in [0.15, 0.2) is 6.10 Å². The first-order valence-electron chi connectivity index (χ1n) is 29.8. The quantitative estimate of drug-likeness (QED) is 0.0345. The van der Waals surface area contributed by atoms with Crippen LogP contribution in [0.15, 0.2) is 60.8 Å². The Morgan fingerprint density at radius 1 is 0.338 bits per heavy atom.